The van der Waals surface area contributed by atoms with E-state index in [-0.39, 0.29) is 18.1 Å². The molecule has 19 heavy (non-hydrogen) atoms. The summed E-state index contributed by atoms with van der Waals surface area (Å²) in [5, 5.41) is 0.650. The Morgan fingerprint density at radius 1 is 1.26 bits per heavy atom. The van der Waals surface area contributed by atoms with Gasteiger partial charge in [0.2, 0.25) is 0 Å². The molecule has 0 amide bonds. The van der Waals surface area contributed by atoms with Crippen molar-refractivity contribution in [1.82, 2.24) is 4.98 Å². The molecule has 1 heterocycles. The zero-order chi connectivity index (χ0) is 13.8. The fourth-order valence-electron chi connectivity index (χ4n) is 1.77. The van der Waals surface area contributed by atoms with Crippen LogP contribution in [0.2, 0.25) is 0 Å². The Morgan fingerprint density at radius 2 is 2.05 bits per heavy atom. The van der Waals surface area contributed by atoms with Gasteiger partial charge in [0.15, 0.2) is 11.5 Å². The highest BCUT2D eigenvalue weighted by atomic mass is 16.7. The van der Waals surface area contributed by atoms with E-state index < -0.39 is 6.16 Å². The number of hydrogen-bond acceptors (Lipinski definition) is 5. The van der Waals surface area contributed by atoms with E-state index in [1.165, 1.54) is 6.92 Å². The number of carbonyl (C=O) groups excluding carboxylic acids is 2. The average molecular weight is 259 g/mol. The first-order chi connectivity index (χ1) is 9.13. The summed E-state index contributed by atoms with van der Waals surface area (Å²) in [4.78, 5) is 27.0. The van der Waals surface area contributed by atoms with E-state index in [1.54, 1.807) is 37.4 Å². The molecule has 1 aromatic heterocycles. The van der Waals surface area contributed by atoms with Crippen LogP contribution in [0.25, 0.3) is 10.9 Å². The lowest BCUT2D eigenvalue weighted by Crippen LogP contribution is -2.10. The van der Waals surface area contributed by atoms with E-state index in [2.05, 4.69) is 4.98 Å². The predicted molar refractivity (Wildman–Crippen MR) is 69.4 cm³/mol. The fraction of sp³-hybridized carbons (Fsp3) is 0.214. The van der Waals surface area contributed by atoms with Gasteiger partial charge in [0.1, 0.15) is 5.52 Å². The number of fused-ring (bicyclic) bond motifs is 1. The van der Waals surface area contributed by atoms with Crippen LogP contribution in [-0.4, -0.2) is 23.5 Å². The summed E-state index contributed by atoms with van der Waals surface area (Å²) in [5.74, 6) is 0.208. The number of rotatable bonds is 3. The van der Waals surface area contributed by atoms with Crippen LogP contribution in [0.1, 0.15) is 24.2 Å². The van der Waals surface area contributed by atoms with Crippen molar-refractivity contribution >= 4 is 22.8 Å². The maximum atomic E-state index is 11.5. The van der Waals surface area contributed by atoms with E-state index in [1.807, 2.05) is 0 Å². The van der Waals surface area contributed by atoms with Crippen LogP contribution in [0.5, 0.6) is 5.75 Å². The predicted octanol–water partition coefficient (Wildman–Crippen LogP) is 2.97. The van der Waals surface area contributed by atoms with Crippen LogP contribution in [0.3, 0.4) is 0 Å². The summed E-state index contributed by atoms with van der Waals surface area (Å²) in [6.45, 7) is 3.40. The van der Waals surface area contributed by atoms with Gasteiger partial charge in [0.25, 0.3) is 0 Å². The molecule has 0 radical (unpaired) electrons. The normalized spacial score (nSPS) is 10.2. The molecule has 0 saturated carbocycles. The van der Waals surface area contributed by atoms with Crippen molar-refractivity contribution in [2.45, 2.75) is 13.8 Å². The van der Waals surface area contributed by atoms with Crippen LogP contribution in [-0.2, 0) is 4.74 Å². The number of benzene rings is 1. The molecule has 0 spiro atoms. The number of pyridine rings is 1. The Bertz CT molecular complexity index is 636. The van der Waals surface area contributed by atoms with Gasteiger partial charge in [-0.15, -0.1) is 0 Å². The molecule has 0 unspecified atom stereocenters. The number of ketones is 1. The second-order valence-corrected chi connectivity index (χ2v) is 3.85. The highest BCUT2D eigenvalue weighted by Crippen LogP contribution is 2.27. The van der Waals surface area contributed by atoms with Gasteiger partial charge < -0.3 is 9.47 Å². The highest BCUT2D eigenvalue weighted by molar-refractivity contribution is 6.07. The molecule has 1 aromatic carbocycles. The molecule has 0 aliphatic rings. The summed E-state index contributed by atoms with van der Waals surface area (Å²) < 4.78 is 9.78. The first kappa shape index (κ1) is 13.0. The van der Waals surface area contributed by atoms with Gasteiger partial charge in [-0.05, 0) is 32.0 Å². The van der Waals surface area contributed by atoms with E-state index >= 15 is 0 Å². The molecule has 0 aliphatic carbocycles. The van der Waals surface area contributed by atoms with E-state index in [9.17, 15) is 9.59 Å². The van der Waals surface area contributed by atoms with Crippen LogP contribution < -0.4 is 4.74 Å². The number of nitrogens with zero attached hydrogens (tertiary/aromatic N) is 1. The monoisotopic (exact) mass is 259 g/mol. The van der Waals surface area contributed by atoms with Crippen molar-refractivity contribution in [1.29, 1.82) is 0 Å². The lowest BCUT2D eigenvalue weighted by molar-refractivity contribution is 0.101. The van der Waals surface area contributed by atoms with Crippen LogP contribution in [0.4, 0.5) is 4.79 Å². The van der Waals surface area contributed by atoms with Crippen molar-refractivity contribution in [2.24, 2.45) is 0 Å². The SMILES string of the molecule is CCOC(=O)Oc1ccc(C(C)=O)c2cccnc12. The van der Waals surface area contributed by atoms with Gasteiger partial charge in [0, 0.05) is 17.1 Å². The molecule has 2 rings (SSSR count). The van der Waals surface area contributed by atoms with Crippen LogP contribution >= 0.6 is 0 Å². The smallest absolute Gasteiger partial charge is 0.434 e. The highest BCUT2D eigenvalue weighted by Gasteiger charge is 2.13. The molecule has 0 fully saturated rings. The molecule has 2 aromatic rings. The van der Waals surface area contributed by atoms with Crippen molar-refractivity contribution in [3.05, 3.63) is 36.0 Å². The zero-order valence-electron chi connectivity index (χ0n) is 10.7. The first-order valence-corrected chi connectivity index (χ1v) is 5.86. The summed E-state index contributed by atoms with van der Waals surface area (Å²) in [7, 11) is 0. The lowest BCUT2D eigenvalue weighted by Gasteiger charge is -2.08. The quantitative estimate of drug-likeness (QED) is 0.481. The van der Waals surface area contributed by atoms with E-state index in [4.69, 9.17) is 9.47 Å². The third-order valence-electron chi connectivity index (χ3n) is 2.57. The second-order valence-electron chi connectivity index (χ2n) is 3.85. The van der Waals surface area contributed by atoms with Gasteiger partial charge in [-0.1, -0.05) is 6.07 Å². The van der Waals surface area contributed by atoms with Crippen molar-refractivity contribution < 1.29 is 19.1 Å². The Kier molecular flexibility index (Phi) is 3.75. The van der Waals surface area contributed by atoms with Gasteiger partial charge in [-0.3, -0.25) is 9.78 Å². The third-order valence-corrected chi connectivity index (χ3v) is 2.57. The van der Waals surface area contributed by atoms with E-state index in [0.29, 0.717) is 16.5 Å². The topological polar surface area (TPSA) is 65.5 Å². The first-order valence-electron chi connectivity index (χ1n) is 5.86. The number of aromatic nitrogens is 1. The number of hydrogen-bond donors (Lipinski definition) is 0. The molecule has 0 aliphatic heterocycles. The number of Topliss-reactive ketones (excluding diaryl/α,β-unsaturated/α-hetero) is 1. The molecule has 5 heteroatoms. The Labute approximate surface area is 110 Å². The largest absolute Gasteiger partial charge is 0.513 e. The molecular formula is C14H13NO4. The minimum absolute atomic E-state index is 0.0688. The van der Waals surface area contributed by atoms with Crippen molar-refractivity contribution in [2.75, 3.05) is 6.61 Å². The van der Waals surface area contributed by atoms with Crippen LogP contribution in [0.15, 0.2) is 30.5 Å². The minimum Gasteiger partial charge on any atom is -0.434 e. The van der Waals surface area contributed by atoms with Crippen molar-refractivity contribution in [3.8, 4) is 5.75 Å². The molecule has 0 N–H and O–H groups in total. The van der Waals surface area contributed by atoms with E-state index in [0.717, 1.165) is 0 Å². The Hall–Kier alpha value is -2.43. The molecule has 0 bridgehead atoms. The van der Waals surface area contributed by atoms with Crippen LogP contribution in [0, 0.1) is 0 Å². The van der Waals surface area contributed by atoms with Gasteiger partial charge in [-0.2, -0.15) is 0 Å². The zero-order valence-corrected chi connectivity index (χ0v) is 10.7. The van der Waals surface area contributed by atoms with Gasteiger partial charge >= 0.3 is 6.16 Å². The summed E-state index contributed by atoms with van der Waals surface area (Å²) in [6.07, 6.45) is 0.787. The molecule has 0 saturated heterocycles. The summed E-state index contributed by atoms with van der Waals surface area (Å²) in [5.41, 5.74) is 1.00. The standard InChI is InChI=1S/C14H13NO4/c1-3-18-14(17)19-12-7-6-10(9(2)16)11-5-4-8-15-13(11)12/h4-8H,3H2,1-2H3. The summed E-state index contributed by atoms with van der Waals surface area (Å²) >= 11 is 0. The molecular weight excluding hydrogens is 246 g/mol. The number of ether oxygens (including phenoxy) is 2. The van der Waals surface area contributed by atoms with Crippen molar-refractivity contribution in [3.63, 3.8) is 0 Å². The Morgan fingerprint density at radius 3 is 2.74 bits per heavy atom. The average Bonchev–Trinajstić information content (AvgIpc) is 2.39. The lowest BCUT2D eigenvalue weighted by atomic mass is 10.0. The third kappa shape index (κ3) is 2.70. The Balaban J connectivity index is 2.49. The van der Waals surface area contributed by atoms with Gasteiger partial charge in [-0.25, -0.2) is 4.79 Å². The molecule has 98 valence electrons. The fourth-order valence-corrected chi connectivity index (χ4v) is 1.77. The molecule has 5 nitrogen and oxygen atoms in total. The second kappa shape index (κ2) is 5.48. The minimum atomic E-state index is -0.787. The summed E-state index contributed by atoms with van der Waals surface area (Å²) in [6, 6.07) is 6.64. The maximum absolute atomic E-state index is 11.5. The van der Waals surface area contributed by atoms with Gasteiger partial charge in [0.05, 0.1) is 6.61 Å². The maximum Gasteiger partial charge on any atom is 0.513 e. The number of carbonyl (C=O) groups is 2. The molecule has 0 atom stereocenters.